The van der Waals surface area contributed by atoms with Crippen molar-refractivity contribution in [2.45, 2.75) is 0 Å². The Kier molecular flexibility index (Phi) is 4.52. The smallest absolute Gasteiger partial charge is 0.424 e. The zero-order chi connectivity index (χ0) is 16.3. The number of aliphatic hydroxyl groups is 1. The van der Waals surface area contributed by atoms with Gasteiger partial charge in [0.05, 0.1) is 13.2 Å². The van der Waals surface area contributed by atoms with E-state index in [9.17, 15) is 9.36 Å². The molecule has 1 unspecified atom stereocenters. The van der Waals surface area contributed by atoms with Crippen LogP contribution in [-0.2, 0) is 9.30 Å². The predicted molar refractivity (Wildman–Crippen MR) is 85.3 cm³/mol. The van der Waals surface area contributed by atoms with Gasteiger partial charge in [-0.1, -0.05) is 36.4 Å². The van der Waals surface area contributed by atoms with E-state index >= 15 is 0 Å². The summed E-state index contributed by atoms with van der Waals surface area (Å²) < 4.78 is 24.8. The SMILES string of the molecule is O=C1OCCN1P(=O)(NCCO)Oc1cccc2ccccc12. The Balaban J connectivity index is 1.97. The van der Waals surface area contributed by atoms with Gasteiger partial charge in [0.1, 0.15) is 12.4 Å². The zero-order valence-electron chi connectivity index (χ0n) is 12.3. The van der Waals surface area contributed by atoms with Crippen molar-refractivity contribution in [3.8, 4) is 5.75 Å². The molecule has 2 N–H and O–H groups in total. The molecule has 0 saturated carbocycles. The fourth-order valence-electron chi connectivity index (χ4n) is 2.39. The van der Waals surface area contributed by atoms with Gasteiger partial charge in [-0.15, -0.1) is 0 Å². The molecule has 0 spiro atoms. The topological polar surface area (TPSA) is 88.1 Å². The number of carbonyl (C=O) groups is 1. The number of rotatable bonds is 6. The number of amides is 1. The number of nitrogens with one attached hydrogen (secondary N) is 1. The molecule has 1 aliphatic rings. The van der Waals surface area contributed by atoms with Crippen LogP contribution in [0.25, 0.3) is 10.8 Å². The van der Waals surface area contributed by atoms with E-state index < -0.39 is 13.8 Å². The van der Waals surface area contributed by atoms with Crippen LogP contribution >= 0.6 is 7.67 Å². The van der Waals surface area contributed by atoms with Crippen molar-refractivity contribution in [3.05, 3.63) is 42.5 Å². The monoisotopic (exact) mass is 336 g/mol. The molecule has 23 heavy (non-hydrogen) atoms. The van der Waals surface area contributed by atoms with Gasteiger partial charge in [0.2, 0.25) is 0 Å². The highest BCUT2D eigenvalue weighted by Crippen LogP contribution is 2.49. The van der Waals surface area contributed by atoms with E-state index in [1.54, 1.807) is 12.1 Å². The fraction of sp³-hybridized carbons (Fsp3) is 0.267. The lowest BCUT2D eigenvalue weighted by molar-refractivity contribution is 0.168. The van der Waals surface area contributed by atoms with Crippen molar-refractivity contribution in [1.82, 2.24) is 9.76 Å². The number of hydrogen-bond acceptors (Lipinski definition) is 5. The van der Waals surface area contributed by atoms with Gasteiger partial charge in [-0.05, 0) is 11.5 Å². The number of hydrogen-bond donors (Lipinski definition) is 2. The highest BCUT2D eigenvalue weighted by Gasteiger charge is 2.41. The van der Waals surface area contributed by atoms with Crippen molar-refractivity contribution >= 4 is 24.5 Å². The molecule has 7 nitrogen and oxygen atoms in total. The minimum atomic E-state index is -3.72. The van der Waals surface area contributed by atoms with Crippen LogP contribution in [0.15, 0.2) is 42.5 Å². The van der Waals surface area contributed by atoms with Gasteiger partial charge in [0.15, 0.2) is 0 Å². The third-order valence-electron chi connectivity index (χ3n) is 3.45. The Morgan fingerprint density at radius 3 is 2.78 bits per heavy atom. The summed E-state index contributed by atoms with van der Waals surface area (Å²) in [5, 5.41) is 13.4. The molecule has 1 heterocycles. The summed E-state index contributed by atoms with van der Waals surface area (Å²) in [4.78, 5) is 11.8. The van der Waals surface area contributed by atoms with Crippen LogP contribution < -0.4 is 9.61 Å². The lowest BCUT2D eigenvalue weighted by atomic mass is 10.1. The number of nitrogens with zero attached hydrogens (tertiary/aromatic N) is 1. The Morgan fingerprint density at radius 1 is 1.26 bits per heavy atom. The molecule has 2 aromatic carbocycles. The standard InChI is InChI=1S/C15H17N2O5P/c18-10-8-16-23(20,17-9-11-21-15(17)19)22-14-7-3-5-12-4-1-2-6-13(12)14/h1-7,18H,8-11H2,(H,16,20). The van der Waals surface area contributed by atoms with Crippen LogP contribution in [0.3, 0.4) is 0 Å². The quantitative estimate of drug-likeness (QED) is 0.788. The first-order chi connectivity index (χ1) is 11.1. The summed E-state index contributed by atoms with van der Waals surface area (Å²) >= 11 is 0. The van der Waals surface area contributed by atoms with Gasteiger partial charge in [-0.2, -0.15) is 0 Å². The fourth-order valence-corrected chi connectivity index (χ4v) is 4.15. The molecule has 0 aromatic heterocycles. The molecule has 122 valence electrons. The molecule has 1 aliphatic heterocycles. The average molecular weight is 336 g/mol. The van der Waals surface area contributed by atoms with E-state index in [2.05, 4.69) is 5.09 Å². The van der Waals surface area contributed by atoms with E-state index in [0.717, 1.165) is 15.4 Å². The predicted octanol–water partition coefficient (Wildman–Crippen LogP) is 2.36. The van der Waals surface area contributed by atoms with Gasteiger partial charge in [-0.25, -0.2) is 19.1 Å². The van der Waals surface area contributed by atoms with Crippen LogP contribution in [0.1, 0.15) is 0 Å². The Labute approximate surface area is 133 Å². The Bertz CT molecular complexity index is 761. The number of ether oxygens (including phenoxy) is 1. The molecular formula is C15H17N2O5P. The normalized spacial score (nSPS) is 17.1. The highest BCUT2D eigenvalue weighted by molar-refractivity contribution is 7.55. The van der Waals surface area contributed by atoms with Gasteiger partial charge in [0.25, 0.3) is 0 Å². The third-order valence-corrected chi connectivity index (χ3v) is 5.52. The van der Waals surface area contributed by atoms with Gasteiger partial charge >= 0.3 is 13.8 Å². The molecule has 1 fully saturated rings. The van der Waals surface area contributed by atoms with E-state index in [0.29, 0.717) is 5.75 Å². The maximum absolute atomic E-state index is 13.2. The lowest BCUT2D eigenvalue weighted by Crippen LogP contribution is -2.33. The molecule has 3 rings (SSSR count). The summed E-state index contributed by atoms with van der Waals surface area (Å²) in [6, 6.07) is 12.9. The van der Waals surface area contributed by atoms with Crippen molar-refractivity contribution in [2.75, 3.05) is 26.3 Å². The molecule has 8 heteroatoms. The van der Waals surface area contributed by atoms with Gasteiger partial charge in [-0.3, -0.25) is 0 Å². The maximum Gasteiger partial charge on any atom is 0.424 e. The maximum atomic E-state index is 13.2. The van der Waals surface area contributed by atoms with Crippen LogP contribution in [0.5, 0.6) is 5.75 Å². The lowest BCUT2D eigenvalue weighted by Gasteiger charge is -2.26. The van der Waals surface area contributed by atoms with Crippen molar-refractivity contribution in [3.63, 3.8) is 0 Å². The van der Waals surface area contributed by atoms with Crippen LogP contribution in [0, 0.1) is 0 Å². The minimum absolute atomic E-state index is 0.0336. The van der Waals surface area contributed by atoms with Crippen molar-refractivity contribution in [1.29, 1.82) is 0 Å². The second-order valence-corrected chi connectivity index (χ2v) is 6.98. The van der Waals surface area contributed by atoms with Gasteiger partial charge in [0, 0.05) is 11.9 Å². The average Bonchev–Trinajstić information content (AvgIpc) is 3.00. The van der Waals surface area contributed by atoms with Crippen LogP contribution in [-0.4, -0.2) is 42.2 Å². The van der Waals surface area contributed by atoms with Crippen LogP contribution in [0.2, 0.25) is 0 Å². The second-order valence-electron chi connectivity index (χ2n) is 4.96. The number of benzene rings is 2. The summed E-state index contributed by atoms with van der Waals surface area (Å²) in [6.45, 7) is 0.124. The van der Waals surface area contributed by atoms with E-state index in [-0.39, 0.29) is 26.3 Å². The molecule has 0 radical (unpaired) electrons. The second kappa shape index (κ2) is 6.58. The number of aliphatic hydroxyl groups excluding tert-OH is 1. The Hall–Kier alpha value is -2.08. The molecular weight excluding hydrogens is 319 g/mol. The largest absolute Gasteiger partial charge is 0.447 e. The van der Waals surface area contributed by atoms with E-state index in [1.165, 1.54) is 0 Å². The Morgan fingerprint density at radius 2 is 2.04 bits per heavy atom. The minimum Gasteiger partial charge on any atom is -0.447 e. The zero-order valence-corrected chi connectivity index (χ0v) is 13.2. The molecule has 0 aliphatic carbocycles. The summed E-state index contributed by atoms with van der Waals surface area (Å²) in [7, 11) is -3.72. The van der Waals surface area contributed by atoms with Crippen molar-refractivity contribution < 1.29 is 23.7 Å². The molecule has 1 atom stereocenters. The first-order valence-corrected chi connectivity index (χ1v) is 8.80. The molecule has 2 aromatic rings. The summed E-state index contributed by atoms with van der Waals surface area (Å²) in [5.41, 5.74) is 0. The summed E-state index contributed by atoms with van der Waals surface area (Å²) in [6.07, 6.45) is -0.695. The van der Waals surface area contributed by atoms with E-state index in [1.807, 2.05) is 30.3 Å². The van der Waals surface area contributed by atoms with Crippen molar-refractivity contribution in [2.24, 2.45) is 0 Å². The molecule has 1 saturated heterocycles. The van der Waals surface area contributed by atoms with E-state index in [4.69, 9.17) is 14.4 Å². The summed E-state index contributed by atoms with van der Waals surface area (Å²) in [5.74, 6) is 0.400. The number of carbonyl (C=O) groups excluding carboxylic acids is 1. The third kappa shape index (κ3) is 3.17. The molecule has 1 amide bonds. The first-order valence-electron chi connectivity index (χ1n) is 7.22. The number of cyclic esters (lactones) is 1. The van der Waals surface area contributed by atoms with Gasteiger partial charge < -0.3 is 14.4 Å². The van der Waals surface area contributed by atoms with Crippen LogP contribution in [0.4, 0.5) is 4.79 Å². The number of fused-ring (bicyclic) bond motifs is 1. The molecule has 0 bridgehead atoms. The highest BCUT2D eigenvalue weighted by atomic mass is 31.2. The first kappa shape index (κ1) is 15.8.